The molecule has 2 heteroatoms. The quantitative estimate of drug-likeness (QED) is 0.702. The summed E-state index contributed by atoms with van der Waals surface area (Å²) in [5.74, 6) is 0.562. The number of hydrogen-bond acceptors (Lipinski definition) is 0. The van der Waals surface area contributed by atoms with Crippen LogP contribution in [0, 0.1) is 5.92 Å². The number of benzene rings is 1. The average molecular weight is 276 g/mol. The number of aryl methyl sites for hydroxylation is 1. The van der Waals surface area contributed by atoms with Crippen LogP contribution in [-0.2, 0) is 6.42 Å². The van der Waals surface area contributed by atoms with Gasteiger partial charge in [-0.3, -0.25) is 0 Å². The normalized spacial score (nSPS) is 13.2. The smallest absolute Gasteiger partial charge is 0.0362 e. The molecular formula is C12H16BrCl. The summed E-state index contributed by atoms with van der Waals surface area (Å²) < 4.78 is 1.13. The zero-order valence-electron chi connectivity index (χ0n) is 8.63. The zero-order valence-corrected chi connectivity index (χ0v) is 11.0. The fourth-order valence-electron chi connectivity index (χ4n) is 1.29. The summed E-state index contributed by atoms with van der Waals surface area (Å²) in [7, 11) is 0. The zero-order chi connectivity index (χ0) is 10.6. The Hall–Kier alpha value is -0.0100. The molecule has 0 fully saturated rings. The molecule has 0 amide bonds. The van der Waals surface area contributed by atoms with Gasteiger partial charge >= 0.3 is 0 Å². The molecule has 1 atom stereocenters. The number of rotatable bonds is 4. The van der Waals surface area contributed by atoms with E-state index in [1.165, 1.54) is 5.56 Å². The van der Waals surface area contributed by atoms with Crippen LogP contribution in [0.4, 0.5) is 0 Å². The molecule has 14 heavy (non-hydrogen) atoms. The molecule has 1 unspecified atom stereocenters. The first-order chi connectivity index (χ1) is 6.59. The van der Waals surface area contributed by atoms with Gasteiger partial charge in [0.25, 0.3) is 0 Å². The van der Waals surface area contributed by atoms with Gasteiger partial charge in [0.05, 0.1) is 0 Å². The monoisotopic (exact) mass is 274 g/mol. The summed E-state index contributed by atoms with van der Waals surface area (Å²) >= 11 is 9.61. The van der Waals surface area contributed by atoms with Crippen molar-refractivity contribution in [3.63, 3.8) is 0 Å². The topological polar surface area (TPSA) is 0 Å². The van der Waals surface area contributed by atoms with Crippen molar-refractivity contribution < 1.29 is 0 Å². The molecule has 1 aromatic rings. The largest absolute Gasteiger partial charge is 0.123 e. The van der Waals surface area contributed by atoms with E-state index in [1.54, 1.807) is 0 Å². The van der Waals surface area contributed by atoms with E-state index in [0.717, 1.165) is 17.3 Å². The highest BCUT2D eigenvalue weighted by atomic mass is 79.9. The number of alkyl halides is 1. The maximum absolute atomic E-state index is 6.19. The lowest BCUT2D eigenvalue weighted by atomic mass is 10.0. The molecule has 0 heterocycles. The molecule has 78 valence electrons. The minimum absolute atomic E-state index is 0.290. The van der Waals surface area contributed by atoms with Gasteiger partial charge in [-0.15, -0.1) is 11.6 Å². The van der Waals surface area contributed by atoms with Gasteiger partial charge in [0, 0.05) is 9.85 Å². The third-order valence-electron chi connectivity index (χ3n) is 2.35. The van der Waals surface area contributed by atoms with E-state index in [2.05, 4.69) is 54.0 Å². The van der Waals surface area contributed by atoms with Crippen LogP contribution in [0.25, 0.3) is 0 Å². The van der Waals surface area contributed by atoms with Gasteiger partial charge in [0.1, 0.15) is 0 Å². The van der Waals surface area contributed by atoms with Gasteiger partial charge in [-0.25, -0.2) is 0 Å². The second-order valence-electron chi connectivity index (χ2n) is 3.93. The summed E-state index contributed by atoms with van der Waals surface area (Å²) in [6, 6.07) is 8.45. The molecule has 0 aliphatic rings. The molecule has 0 spiro atoms. The summed E-state index contributed by atoms with van der Waals surface area (Å²) in [6.45, 7) is 4.33. The molecule has 0 radical (unpaired) electrons. The fraction of sp³-hybridized carbons (Fsp3) is 0.500. The first kappa shape index (κ1) is 12.1. The predicted molar refractivity (Wildman–Crippen MR) is 66.9 cm³/mol. The van der Waals surface area contributed by atoms with Crippen molar-refractivity contribution in [2.75, 3.05) is 0 Å². The van der Waals surface area contributed by atoms with Crippen molar-refractivity contribution in [1.29, 1.82) is 0 Å². The second-order valence-corrected chi connectivity index (χ2v) is 5.40. The van der Waals surface area contributed by atoms with Gasteiger partial charge < -0.3 is 0 Å². The molecule has 0 aromatic heterocycles. The molecule has 0 aliphatic heterocycles. The van der Waals surface area contributed by atoms with Crippen molar-refractivity contribution in [1.82, 2.24) is 0 Å². The lowest BCUT2D eigenvalue weighted by Gasteiger charge is -2.12. The second kappa shape index (κ2) is 5.77. The third-order valence-corrected chi connectivity index (χ3v) is 3.60. The van der Waals surface area contributed by atoms with Crippen LogP contribution in [0.15, 0.2) is 28.7 Å². The molecule has 0 N–H and O–H groups in total. The molecular weight excluding hydrogens is 259 g/mol. The Kier molecular flexibility index (Phi) is 4.97. The van der Waals surface area contributed by atoms with Gasteiger partial charge in [-0.2, -0.15) is 0 Å². The fourth-order valence-corrected chi connectivity index (χ4v) is 1.66. The van der Waals surface area contributed by atoms with Crippen LogP contribution in [0.3, 0.4) is 0 Å². The molecule has 0 saturated heterocycles. The van der Waals surface area contributed by atoms with Crippen molar-refractivity contribution in [2.24, 2.45) is 5.92 Å². The van der Waals surface area contributed by atoms with Crippen LogP contribution in [-0.4, -0.2) is 5.38 Å². The van der Waals surface area contributed by atoms with Crippen LogP contribution in [0.5, 0.6) is 0 Å². The Balaban J connectivity index is 2.42. The van der Waals surface area contributed by atoms with Crippen molar-refractivity contribution in [3.05, 3.63) is 34.3 Å². The van der Waals surface area contributed by atoms with E-state index in [0.29, 0.717) is 11.3 Å². The SMILES string of the molecule is CC(C)C(Cl)CCc1ccc(Br)cc1. The Morgan fingerprint density at radius 2 is 1.79 bits per heavy atom. The maximum Gasteiger partial charge on any atom is 0.0362 e. The van der Waals surface area contributed by atoms with Crippen molar-refractivity contribution in [3.8, 4) is 0 Å². The van der Waals surface area contributed by atoms with Crippen LogP contribution >= 0.6 is 27.5 Å². The summed E-state index contributed by atoms with van der Waals surface area (Å²) in [4.78, 5) is 0. The molecule has 1 rings (SSSR count). The highest BCUT2D eigenvalue weighted by molar-refractivity contribution is 9.10. The maximum atomic E-state index is 6.19. The van der Waals surface area contributed by atoms with E-state index in [9.17, 15) is 0 Å². The van der Waals surface area contributed by atoms with Crippen LogP contribution in [0.1, 0.15) is 25.8 Å². The first-order valence-electron chi connectivity index (χ1n) is 4.98. The average Bonchev–Trinajstić information content (AvgIpc) is 2.16. The van der Waals surface area contributed by atoms with E-state index in [-0.39, 0.29) is 0 Å². The Morgan fingerprint density at radius 1 is 1.21 bits per heavy atom. The molecule has 0 saturated carbocycles. The molecule has 1 aromatic carbocycles. The van der Waals surface area contributed by atoms with Crippen molar-refractivity contribution in [2.45, 2.75) is 32.1 Å². The molecule has 0 bridgehead atoms. The summed E-state index contributed by atoms with van der Waals surface area (Å²) in [6.07, 6.45) is 2.13. The molecule has 0 nitrogen and oxygen atoms in total. The highest BCUT2D eigenvalue weighted by Gasteiger charge is 2.08. The Labute approximate surface area is 99.8 Å². The third kappa shape index (κ3) is 4.02. The Morgan fingerprint density at radius 3 is 2.29 bits per heavy atom. The Bertz CT molecular complexity index is 266. The van der Waals surface area contributed by atoms with Gasteiger partial charge in [0.2, 0.25) is 0 Å². The standard InChI is InChI=1S/C12H16BrCl/c1-9(2)12(14)8-5-10-3-6-11(13)7-4-10/h3-4,6-7,9,12H,5,8H2,1-2H3. The molecule has 0 aliphatic carbocycles. The summed E-state index contributed by atoms with van der Waals surface area (Å²) in [5.41, 5.74) is 1.36. The van der Waals surface area contributed by atoms with Crippen molar-refractivity contribution >= 4 is 27.5 Å². The van der Waals surface area contributed by atoms with Gasteiger partial charge in [-0.1, -0.05) is 41.9 Å². The van der Waals surface area contributed by atoms with Gasteiger partial charge in [0.15, 0.2) is 0 Å². The highest BCUT2D eigenvalue weighted by Crippen LogP contribution is 2.18. The van der Waals surface area contributed by atoms with Crippen LogP contribution in [0.2, 0.25) is 0 Å². The minimum Gasteiger partial charge on any atom is -0.123 e. The van der Waals surface area contributed by atoms with Gasteiger partial charge in [-0.05, 0) is 36.5 Å². The van der Waals surface area contributed by atoms with E-state index < -0.39 is 0 Å². The first-order valence-corrected chi connectivity index (χ1v) is 6.21. The predicted octanol–water partition coefficient (Wildman–Crippen LogP) is 4.65. The van der Waals surface area contributed by atoms with E-state index in [1.807, 2.05) is 0 Å². The minimum atomic E-state index is 0.290. The van der Waals surface area contributed by atoms with E-state index >= 15 is 0 Å². The number of halogens is 2. The lowest BCUT2D eigenvalue weighted by molar-refractivity contribution is 0.565. The number of hydrogen-bond donors (Lipinski definition) is 0. The lowest BCUT2D eigenvalue weighted by Crippen LogP contribution is -2.08. The van der Waals surface area contributed by atoms with E-state index in [4.69, 9.17) is 11.6 Å². The summed E-state index contributed by atoms with van der Waals surface area (Å²) in [5, 5.41) is 0.290. The van der Waals surface area contributed by atoms with Crippen LogP contribution < -0.4 is 0 Å².